The molecule has 0 radical (unpaired) electrons. The second kappa shape index (κ2) is 7.85. The highest BCUT2D eigenvalue weighted by Gasteiger charge is 2.37. The van der Waals surface area contributed by atoms with Crippen LogP contribution in [0.5, 0.6) is 0 Å². The van der Waals surface area contributed by atoms with Crippen LogP contribution in [0, 0.1) is 17.2 Å². The third-order valence-electron chi connectivity index (χ3n) is 6.38. The van der Waals surface area contributed by atoms with E-state index in [1.54, 1.807) is 24.0 Å². The number of amides is 2. The molecule has 1 N–H and O–H groups in total. The van der Waals surface area contributed by atoms with Gasteiger partial charge in [0.25, 0.3) is 0 Å². The van der Waals surface area contributed by atoms with Crippen LogP contribution in [0.3, 0.4) is 0 Å². The second-order valence-corrected chi connectivity index (χ2v) is 9.32. The standard InChI is InChI=1S/C23H29FN4O2/c1-15(29)27-10-8-16(9-11-27)22(30)26-20-12-23(2,3)13-21-19(20)14-25-28(21)18-6-4-17(24)5-7-18/h4-7,14,16,20H,8-13H2,1-3H3,(H,26,30)/t20-/m0/s1. The maximum Gasteiger partial charge on any atom is 0.223 e. The predicted octanol–water partition coefficient (Wildman–Crippen LogP) is 3.40. The molecule has 1 aromatic carbocycles. The first-order valence-corrected chi connectivity index (χ1v) is 10.6. The number of nitrogens with zero attached hydrogens (tertiary/aromatic N) is 3. The lowest BCUT2D eigenvalue weighted by molar-refractivity contribution is -0.134. The lowest BCUT2D eigenvalue weighted by atomic mass is 9.74. The van der Waals surface area contributed by atoms with Crippen LogP contribution >= 0.6 is 0 Å². The fraction of sp³-hybridized carbons (Fsp3) is 0.522. The first-order chi connectivity index (χ1) is 14.2. The molecule has 30 heavy (non-hydrogen) atoms. The van der Waals surface area contributed by atoms with Crippen LogP contribution in [0.4, 0.5) is 4.39 Å². The number of hydrogen-bond donors (Lipinski definition) is 1. The van der Waals surface area contributed by atoms with E-state index in [2.05, 4.69) is 24.3 Å². The molecule has 0 spiro atoms. The van der Waals surface area contributed by atoms with E-state index in [0.717, 1.165) is 29.8 Å². The summed E-state index contributed by atoms with van der Waals surface area (Å²) in [5.74, 6) is -0.218. The highest BCUT2D eigenvalue weighted by Crippen LogP contribution is 2.41. The Kier molecular flexibility index (Phi) is 5.38. The van der Waals surface area contributed by atoms with Gasteiger partial charge in [-0.25, -0.2) is 9.07 Å². The maximum atomic E-state index is 13.3. The molecular weight excluding hydrogens is 383 g/mol. The molecule has 0 unspecified atom stereocenters. The predicted molar refractivity (Wildman–Crippen MR) is 111 cm³/mol. The van der Waals surface area contributed by atoms with Gasteiger partial charge in [-0.1, -0.05) is 13.8 Å². The number of fused-ring (bicyclic) bond motifs is 1. The molecule has 1 aliphatic carbocycles. The van der Waals surface area contributed by atoms with Crippen LogP contribution in [-0.2, 0) is 16.0 Å². The Morgan fingerprint density at radius 1 is 1.17 bits per heavy atom. The van der Waals surface area contributed by atoms with Gasteiger partial charge in [0.2, 0.25) is 11.8 Å². The van der Waals surface area contributed by atoms with E-state index < -0.39 is 0 Å². The summed E-state index contributed by atoms with van der Waals surface area (Å²) in [5, 5.41) is 7.82. The number of carbonyl (C=O) groups excluding carboxylic acids is 2. The number of benzene rings is 1. The third-order valence-corrected chi connectivity index (χ3v) is 6.38. The molecule has 1 atom stereocenters. The molecule has 2 amide bonds. The monoisotopic (exact) mass is 412 g/mol. The van der Waals surface area contributed by atoms with Gasteiger partial charge in [0.15, 0.2) is 0 Å². The molecule has 1 aliphatic heterocycles. The van der Waals surface area contributed by atoms with Gasteiger partial charge in [0.05, 0.1) is 23.6 Å². The molecular formula is C23H29FN4O2. The number of aromatic nitrogens is 2. The Hall–Kier alpha value is -2.70. The molecule has 6 nitrogen and oxygen atoms in total. The molecule has 160 valence electrons. The van der Waals surface area contributed by atoms with Gasteiger partial charge in [-0.05, 0) is 55.4 Å². The number of hydrogen-bond acceptors (Lipinski definition) is 3. The maximum absolute atomic E-state index is 13.3. The zero-order valence-electron chi connectivity index (χ0n) is 17.8. The van der Waals surface area contributed by atoms with Crippen LogP contribution in [0.15, 0.2) is 30.5 Å². The van der Waals surface area contributed by atoms with Crippen molar-refractivity contribution in [1.82, 2.24) is 20.0 Å². The van der Waals surface area contributed by atoms with Crippen molar-refractivity contribution in [3.8, 4) is 5.69 Å². The van der Waals surface area contributed by atoms with Crippen molar-refractivity contribution in [3.63, 3.8) is 0 Å². The quantitative estimate of drug-likeness (QED) is 0.840. The van der Waals surface area contributed by atoms with Gasteiger partial charge >= 0.3 is 0 Å². The summed E-state index contributed by atoms with van der Waals surface area (Å²) in [7, 11) is 0. The van der Waals surface area contributed by atoms with E-state index >= 15 is 0 Å². The summed E-state index contributed by atoms with van der Waals surface area (Å²) < 4.78 is 15.2. The van der Waals surface area contributed by atoms with Crippen molar-refractivity contribution >= 4 is 11.8 Å². The summed E-state index contributed by atoms with van der Waals surface area (Å²) >= 11 is 0. The lowest BCUT2D eigenvalue weighted by Crippen LogP contribution is -2.44. The number of carbonyl (C=O) groups is 2. The Bertz CT molecular complexity index is 943. The molecule has 1 fully saturated rings. The highest BCUT2D eigenvalue weighted by molar-refractivity contribution is 5.80. The van der Waals surface area contributed by atoms with Gasteiger partial charge in [-0.15, -0.1) is 0 Å². The van der Waals surface area contributed by atoms with Crippen molar-refractivity contribution in [2.24, 2.45) is 11.3 Å². The molecule has 7 heteroatoms. The summed E-state index contributed by atoms with van der Waals surface area (Å²) in [6.45, 7) is 7.24. The molecule has 2 aliphatic rings. The summed E-state index contributed by atoms with van der Waals surface area (Å²) in [4.78, 5) is 26.3. The highest BCUT2D eigenvalue weighted by atomic mass is 19.1. The van der Waals surface area contributed by atoms with Crippen LogP contribution in [-0.4, -0.2) is 39.6 Å². The molecule has 0 saturated carbocycles. The Morgan fingerprint density at radius 2 is 1.83 bits per heavy atom. The molecule has 2 aromatic rings. The van der Waals surface area contributed by atoms with E-state index in [4.69, 9.17) is 0 Å². The number of halogens is 1. The van der Waals surface area contributed by atoms with E-state index in [-0.39, 0.29) is 35.0 Å². The van der Waals surface area contributed by atoms with Crippen molar-refractivity contribution in [1.29, 1.82) is 0 Å². The Morgan fingerprint density at radius 3 is 2.47 bits per heavy atom. The Balaban J connectivity index is 1.53. The lowest BCUT2D eigenvalue weighted by Gasteiger charge is -2.37. The van der Waals surface area contributed by atoms with Crippen molar-refractivity contribution in [3.05, 3.63) is 47.5 Å². The molecule has 2 heterocycles. The average Bonchev–Trinajstić information content (AvgIpc) is 3.11. The first-order valence-electron chi connectivity index (χ1n) is 10.6. The van der Waals surface area contributed by atoms with Crippen LogP contribution in [0.1, 0.15) is 57.3 Å². The molecule has 4 rings (SSSR count). The van der Waals surface area contributed by atoms with E-state index in [0.29, 0.717) is 25.9 Å². The summed E-state index contributed by atoms with van der Waals surface area (Å²) in [6, 6.07) is 6.21. The average molecular weight is 413 g/mol. The third kappa shape index (κ3) is 4.11. The molecule has 1 aromatic heterocycles. The van der Waals surface area contributed by atoms with Gasteiger partial charge in [-0.3, -0.25) is 9.59 Å². The van der Waals surface area contributed by atoms with E-state index in [1.807, 2.05) is 10.9 Å². The fourth-order valence-electron chi connectivity index (χ4n) is 4.72. The smallest absolute Gasteiger partial charge is 0.223 e. The van der Waals surface area contributed by atoms with Gasteiger partial charge in [0.1, 0.15) is 5.82 Å². The molecule has 0 bridgehead atoms. The van der Waals surface area contributed by atoms with Crippen LogP contribution in [0.25, 0.3) is 5.69 Å². The van der Waals surface area contributed by atoms with Crippen LogP contribution < -0.4 is 5.32 Å². The minimum atomic E-state index is -0.277. The van der Waals surface area contributed by atoms with Gasteiger partial charge in [0, 0.05) is 31.5 Å². The van der Waals surface area contributed by atoms with E-state index in [1.165, 1.54) is 12.1 Å². The van der Waals surface area contributed by atoms with E-state index in [9.17, 15) is 14.0 Å². The number of rotatable bonds is 3. The van der Waals surface area contributed by atoms with Gasteiger partial charge in [-0.2, -0.15) is 5.10 Å². The second-order valence-electron chi connectivity index (χ2n) is 9.32. The SMILES string of the molecule is CC(=O)N1CCC(C(=O)N[C@H]2CC(C)(C)Cc3c2cnn3-c2ccc(F)cc2)CC1. The largest absolute Gasteiger partial charge is 0.349 e. The zero-order chi connectivity index (χ0) is 21.5. The fourth-order valence-corrected chi connectivity index (χ4v) is 4.72. The van der Waals surface area contributed by atoms with Crippen molar-refractivity contribution in [2.75, 3.05) is 13.1 Å². The minimum Gasteiger partial charge on any atom is -0.349 e. The molecule has 1 saturated heterocycles. The van der Waals surface area contributed by atoms with Crippen molar-refractivity contribution < 1.29 is 14.0 Å². The summed E-state index contributed by atoms with van der Waals surface area (Å²) in [5.41, 5.74) is 2.92. The minimum absolute atomic E-state index is 0.000748. The number of nitrogens with one attached hydrogen (secondary N) is 1. The zero-order valence-corrected chi connectivity index (χ0v) is 17.8. The number of piperidine rings is 1. The normalized spacial score (nSPS) is 21.2. The Labute approximate surface area is 176 Å². The van der Waals surface area contributed by atoms with Crippen molar-refractivity contribution in [2.45, 2.75) is 52.5 Å². The first kappa shape index (κ1) is 20.6. The topological polar surface area (TPSA) is 67.2 Å². The summed E-state index contributed by atoms with van der Waals surface area (Å²) in [6.07, 6.45) is 4.90. The van der Waals surface area contributed by atoms with Gasteiger partial charge < -0.3 is 10.2 Å². The van der Waals surface area contributed by atoms with Crippen LogP contribution in [0.2, 0.25) is 0 Å². The number of likely N-dealkylation sites (tertiary alicyclic amines) is 1.